The van der Waals surface area contributed by atoms with E-state index < -0.39 is 0 Å². The van der Waals surface area contributed by atoms with Crippen LogP contribution in [0.15, 0.2) is 22.2 Å². The molecule has 1 nitrogen and oxygen atoms in total. The second-order valence-corrected chi connectivity index (χ2v) is 6.57. The zero-order valence-corrected chi connectivity index (χ0v) is 11.7. The van der Waals surface area contributed by atoms with Gasteiger partial charge in [0, 0.05) is 0 Å². The Balaban J connectivity index is 2.52. The first-order chi connectivity index (χ1) is 7.29. The van der Waals surface area contributed by atoms with Crippen LogP contribution in [-0.4, -0.2) is 5.78 Å². The van der Waals surface area contributed by atoms with E-state index in [9.17, 15) is 4.79 Å². The molecule has 1 rings (SSSR count). The number of carbonyl (C=O) groups excluding carboxylic acids is 1. The van der Waals surface area contributed by atoms with Crippen molar-refractivity contribution in [3.8, 4) is 0 Å². The van der Waals surface area contributed by atoms with Crippen molar-refractivity contribution in [1.82, 2.24) is 0 Å². The van der Waals surface area contributed by atoms with E-state index >= 15 is 0 Å². The topological polar surface area (TPSA) is 17.1 Å². The molecule has 0 N–H and O–H groups in total. The molecule has 1 aliphatic carbocycles. The summed E-state index contributed by atoms with van der Waals surface area (Å²) in [6, 6.07) is 0. The zero-order valence-electron chi connectivity index (χ0n) is 10.6. The molecule has 0 aliphatic heterocycles. The van der Waals surface area contributed by atoms with Gasteiger partial charge in [-0.2, -0.15) is 0 Å². The Bertz CT molecular complexity index is 331. The summed E-state index contributed by atoms with van der Waals surface area (Å²) in [5.74, 6) is 0.706. The normalized spacial score (nSPS) is 18.1. The van der Waals surface area contributed by atoms with E-state index in [-0.39, 0.29) is 5.78 Å². The van der Waals surface area contributed by atoms with Gasteiger partial charge < -0.3 is 0 Å². The van der Waals surface area contributed by atoms with E-state index in [2.05, 4.69) is 43.7 Å². The summed E-state index contributed by atoms with van der Waals surface area (Å²) in [6.07, 6.45) is 6.52. The van der Waals surface area contributed by atoms with E-state index in [1.165, 1.54) is 0 Å². The number of Topliss-reactive ketones (excluding diaryl/α,β-unsaturated/α-hetero) is 1. The predicted octanol–water partition coefficient (Wildman–Crippen LogP) is 3.78. The minimum absolute atomic E-state index is 0.260. The minimum atomic E-state index is 0.260. The molecule has 1 unspecified atom stereocenters. The summed E-state index contributed by atoms with van der Waals surface area (Å²) in [4.78, 5) is 12.0. The Morgan fingerprint density at radius 2 is 2.12 bits per heavy atom. The van der Waals surface area contributed by atoms with Crippen molar-refractivity contribution in [3.63, 3.8) is 0 Å². The number of carbonyl (C=O) groups is 1. The molecule has 0 aromatic rings. The van der Waals surface area contributed by atoms with Crippen LogP contribution in [-0.2, 0) is 20.8 Å². The third-order valence-corrected chi connectivity index (χ3v) is 3.18. The fourth-order valence-corrected chi connectivity index (χ4v) is 2.64. The predicted molar refractivity (Wildman–Crippen MR) is 63.6 cm³/mol. The molecule has 0 bridgehead atoms. The van der Waals surface area contributed by atoms with Crippen LogP contribution >= 0.6 is 0 Å². The van der Waals surface area contributed by atoms with Crippen LogP contribution in [0.1, 0.15) is 47.0 Å². The van der Waals surface area contributed by atoms with Gasteiger partial charge in [-0.05, 0) is 0 Å². The average molecular weight is 261 g/mol. The van der Waals surface area contributed by atoms with Gasteiger partial charge in [0.15, 0.2) is 0 Å². The summed E-state index contributed by atoms with van der Waals surface area (Å²) < 4.78 is 0.980. The second kappa shape index (κ2) is 5.33. The SMILES string of the molecule is CC(CC(=O)C1=[C]([Fe])CC=C1)CC(C)(C)C. The molecule has 0 saturated carbocycles. The fraction of sp³-hybridized carbons (Fsp3) is 0.643. The molecule has 1 atom stereocenters. The molecule has 0 spiro atoms. The van der Waals surface area contributed by atoms with Gasteiger partial charge in [-0.25, -0.2) is 0 Å². The van der Waals surface area contributed by atoms with Crippen molar-refractivity contribution in [2.45, 2.75) is 47.0 Å². The summed E-state index contributed by atoms with van der Waals surface area (Å²) >= 11 is 3.92. The average Bonchev–Trinajstić information content (AvgIpc) is 2.47. The van der Waals surface area contributed by atoms with Crippen LogP contribution in [0, 0.1) is 11.3 Å². The second-order valence-electron chi connectivity index (χ2n) is 5.91. The molecule has 0 aromatic carbocycles. The third-order valence-electron chi connectivity index (χ3n) is 2.66. The molecule has 0 aromatic heterocycles. The van der Waals surface area contributed by atoms with E-state index in [1.54, 1.807) is 0 Å². The first-order valence-electron chi connectivity index (χ1n) is 5.87. The summed E-state index contributed by atoms with van der Waals surface area (Å²) in [6.45, 7) is 8.81. The maximum atomic E-state index is 12.0. The van der Waals surface area contributed by atoms with Crippen molar-refractivity contribution in [2.75, 3.05) is 0 Å². The fourth-order valence-electron chi connectivity index (χ4n) is 2.26. The van der Waals surface area contributed by atoms with Crippen LogP contribution < -0.4 is 0 Å². The van der Waals surface area contributed by atoms with Crippen LogP contribution in [0.4, 0.5) is 0 Å². The van der Waals surface area contributed by atoms with Crippen molar-refractivity contribution in [3.05, 3.63) is 22.2 Å². The van der Waals surface area contributed by atoms with E-state index in [4.69, 9.17) is 0 Å². The molecule has 0 saturated heterocycles. The van der Waals surface area contributed by atoms with Gasteiger partial charge in [-0.3, -0.25) is 0 Å². The number of rotatable bonds is 4. The number of ketones is 1. The molecule has 0 heterocycles. The monoisotopic (exact) mass is 261 g/mol. The van der Waals surface area contributed by atoms with Crippen molar-refractivity contribution >= 4 is 5.78 Å². The maximum absolute atomic E-state index is 12.0. The van der Waals surface area contributed by atoms with Gasteiger partial charge in [0.2, 0.25) is 0 Å². The number of allylic oxidation sites excluding steroid dienone is 4. The molecule has 0 fully saturated rings. The van der Waals surface area contributed by atoms with Crippen LogP contribution in [0.25, 0.3) is 0 Å². The van der Waals surface area contributed by atoms with E-state index in [1.807, 2.05) is 12.2 Å². The first-order valence-corrected chi connectivity index (χ1v) is 6.42. The summed E-state index contributed by atoms with van der Waals surface area (Å²) in [7, 11) is 0. The number of hydrogen-bond acceptors (Lipinski definition) is 1. The molecule has 0 amide bonds. The van der Waals surface area contributed by atoms with Gasteiger partial charge in [0.1, 0.15) is 0 Å². The van der Waals surface area contributed by atoms with Gasteiger partial charge in [0.05, 0.1) is 0 Å². The Labute approximate surface area is 107 Å². The standard InChI is InChI=1S/C14H21O.Fe/c1-11(10-14(2,3)4)9-13(15)12-7-5-6-8-12;/h5,7,11H,6,9-10H2,1-4H3;. The molecular weight excluding hydrogens is 240 g/mol. The Kier molecular flexibility index (Phi) is 4.58. The zero-order chi connectivity index (χ0) is 12.3. The molecule has 2 heteroatoms. The molecule has 0 radical (unpaired) electrons. The van der Waals surface area contributed by atoms with Crippen molar-refractivity contribution in [1.29, 1.82) is 0 Å². The van der Waals surface area contributed by atoms with Crippen molar-refractivity contribution < 1.29 is 20.8 Å². The van der Waals surface area contributed by atoms with Crippen LogP contribution in [0.5, 0.6) is 0 Å². The number of hydrogen-bond donors (Lipinski definition) is 0. The van der Waals surface area contributed by atoms with E-state index in [0.29, 0.717) is 17.8 Å². The molecule has 91 valence electrons. The molecular formula is C14H21FeO. The van der Waals surface area contributed by atoms with Crippen molar-refractivity contribution in [2.24, 2.45) is 11.3 Å². The van der Waals surface area contributed by atoms with Gasteiger partial charge >= 0.3 is 107 Å². The summed E-state index contributed by atoms with van der Waals surface area (Å²) in [5, 5.41) is 0. The van der Waals surface area contributed by atoms with Gasteiger partial charge in [-0.15, -0.1) is 0 Å². The molecule has 16 heavy (non-hydrogen) atoms. The van der Waals surface area contributed by atoms with Gasteiger partial charge in [-0.1, -0.05) is 0 Å². The van der Waals surface area contributed by atoms with Crippen LogP contribution in [0.2, 0.25) is 0 Å². The Morgan fingerprint density at radius 1 is 1.50 bits per heavy atom. The third kappa shape index (κ3) is 4.27. The summed E-state index contributed by atoms with van der Waals surface area (Å²) in [5.41, 5.74) is 1.15. The quantitative estimate of drug-likeness (QED) is 0.704. The van der Waals surface area contributed by atoms with E-state index in [0.717, 1.165) is 22.9 Å². The molecule has 1 aliphatic rings. The Hall–Kier alpha value is -0.331. The first kappa shape index (κ1) is 13.7. The van der Waals surface area contributed by atoms with Gasteiger partial charge in [0.25, 0.3) is 0 Å². The Morgan fingerprint density at radius 3 is 2.56 bits per heavy atom. The van der Waals surface area contributed by atoms with Crippen LogP contribution in [0.3, 0.4) is 0 Å².